The number of benzene rings is 2. The number of aromatic amines is 1. The van der Waals surface area contributed by atoms with E-state index < -0.39 is 5.63 Å². The first-order chi connectivity index (χ1) is 14.0. The molecule has 2 heterocycles. The van der Waals surface area contributed by atoms with Gasteiger partial charge < -0.3 is 19.2 Å². The van der Waals surface area contributed by atoms with Gasteiger partial charge in [0.2, 0.25) is 11.7 Å². The fourth-order valence-corrected chi connectivity index (χ4v) is 3.37. The van der Waals surface area contributed by atoms with Gasteiger partial charge in [-0.25, -0.2) is 4.79 Å². The van der Waals surface area contributed by atoms with E-state index in [0.29, 0.717) is 28.3 Å². The van der Waals surface area contributed by atoms with Crippen LogP contribution in [0.5, 0.6) is 11.5 Å². The fraction of sp³-hybridized carbons (Fsp3) is 0.190. The zero-order chi connectivity index (χ0) is 20.5. The summed E-state index contributed by atoms with van der Waals surface area (Å²) >= 11 is 0. The Balaban J connectivity index is 1.69. The molecular weight excluding hydrogens is 374 g/mol. The number of aromatic nitrogens is 2. The number of anilines is 1. The first kappa shape index (κ1) is 18.5. The summed E-state index contributed by atoms with van der Waals surface area (Å²) in [5, 5.41) is 11.2. The smallest absolute Gasteiger partial charge is 0.340 e. The number of methoxy groups -OCH3 is 2. The summed E-state index contributed by atoms with van der Waals surface area (Å²) in [5.41, 5.74) is 1.44. The Bertz CT molecular complexity index is 1290. The third-order valence-corrected chi connectivity index (χ3v) is 4.86. The number of carbonyl (C=O) groups excluding carboxylic acids is 1. The Morgan fingerprint density at radius 2 is 1.93 bits per heavy atom. The zero-order valence-electron chi connectivity index (χ0n) is 16.2. The average Bonchev–Trinajstić information content (AvgIpc) is 3.13. The molecular formula is C21H19N3O5. The Kier molecular flexibility index (Phi) is 4.67. The molecule has 0 saturated carbocycles. The fourth-order valence-electron chi connectivity index (χ4n) is 3.37. The number of nitrogens with one attached hydrogen (secondary N) is 2. The summed E-state index contributed by atoms with van der Waals surface area (Å²) in [6.07, 6.45) is -0.139. The number of H-pyrrole nitrogens is 1. The van der Waals surface area contributed by atoms with Crippen LogP contribution in [0.1, 0.15) is 11.1 Å². The van der Waals surface area contributed by atoms with Gasteiger partial charge >= 0.3 is 5.63 Å². The van der Waals surface area contributed by atoms with Crippen LogP contribution >= 0.6 is 0 Å². The van der Waals surface area contributed by atoms with E-state index in [1.165, 1.54) is 14.2 Å². The van der Waals surface area contributed by atoms with Crippen LogP contribution in [0.3, 0.4) is 0 Å². The van der Waals surface area contributed by atoms with Gasteiger partial charge in [-0.3, -0.25) is 9.89 Å². The second-order valence-corrected chi connectivity index (χ2v) is 6.51. The largest absolute Gasteiger partial charge is 0.493 e. The molecule has 8 heteroatoms. The van der Waals surface area contributed by atoms with Gasteiger partial charge in [0, 0.05) is 10.8 Å². The number of hydrogen-bond acceptors (Lipinski definition) is 6. The van der Waals surface area contributed by atoms with Crippen molar-refractivity contribution in [3.8, 4) is 11.5 Å². The van der Waals surface area contributed by atoms with Gasteiger partial charge in [-0.15, -0.1) is 0 Å². The van der Waals surface area contributed by atoms with Crippen LogP contribution in [0.2, 0.25) is 0 Å². The standard InChI is InChI=1S/C21H19N3O5/c1-11-12-8-9-16(27-2)19(28-3)18(12)29-21(26)14(11)10-17(25)22-20-13-6-4-5-7-15(13)23-24-20/h4-9H,10H2,1-3H3,(H2,22,23,24,25). The first-order valence-corrected chi connectivity index (χ1v) is 8.93. The molecule has 4 aromatic rings. The average molecular weight is 393 g/mol. The number of hydrogen-bond donors (Lipinski definition) is 2. The van der Waals surface area contributed by atoms with E-state index >= 15 is 0 Å². The summed E-state index contributed by atoms with van der Waals surface area (Å²) in [6.45, 7) is 1.78. The zero-order valence-corrected chi connectivity index (χ0v) is 16.2. The Morgan fingerprint density at radius 3 is 2.69 bits per heavy atom. The number of fused-ring (bicyclic) bond motifs is 2. The minimum atomic E-state index is -0.594. The number of rotatable bonds is 5. The van der Waals surface area contributed by atoms with E-state index in [2.05, 4.69) is 15.5 Å². The lowest BCUT2D eigenvalue weighted by Gasteiger charge is -2.12. The minimum Gasteiger partial charge on any atom is -0.493 e. The van der Waals surface area contributed by atoms with Crippen LogP contribution in [-0.2, 0) is 11.2 Å². The highest BCUT2D eigenvalue weighted by molar-refractivity contribution is 6.00. The van der Waals surface area contributed by atoms with E-state index in [-0.39, 0.29) is 23.5 Å². The maximum Gasteiger partial charge on any atom is 0.340 e. The summed E-state index contributed by atoms with van der Waals surface area (Å²) in [7, 11) is 2.98. The highest BCUT2D eigenvalue weighted by Crippen LogP contribution is 2.36. The molecule has 148 valence electrons. The molecule has 29 heavy (non-hydrogen) atoms. The molecule has 2 N–H and O–H groups in total. The van der Waals surface area contributed by atoms with Crippen molar-refractivity contribution in [2.24, 2.45) is 0 Å². The Morgan fingerprint density at radius 1 is 1.14 bits per heavy atom. The van der Waals surface area contributed by atoms with E-state index in [0.717, 1.165) is 10.9 Å². The van der Waals surface area contributed by atoms with Crippen LogP contribution in [0.25, 0.3) is 21.9 Å². The molecule has 0 unspecified atom stereocenters. The second-order valence-electron chi connectivity index (χ2n) is 6.51. The van der Waals surface area contributed by atoms with Gasteiger partial charge in [0.05, 0.1) is 31.7 Å². The van der Waals surface area contributed by atoms with Crippen LogP contribution in [-0.4, -0.2) is 30.3 Å². The third kappa shape index (κ3) is 3.18. The quantitative estimate of drug-likeness (QED) is 0.505. The molecule has 0 spiro atoms. The molecule has 0 radical (unpaired) electrons. The highest BCUT2D eigenvalue weighted by Gasteiger charge is 2.20. The van der Waals surface area contributed by atoms with Crippen LogP contribution < -0.4 is 20.4 Å². The number of nitrogens with zero attached hydrogens (tertiary/aromatic N) is 1. The van der Waals surface area contributed by atoms with Crippen molar-refractivity contribution in [3.05, 3.63) is 57.9 Å². The maximum absolute atomic E-state index is 12.6. The number of aryl methyl sites for hydroxylation is 1. The van der Waals surface area contributed by atoms with Crippen molar-refractivity contribution in [1.29, 1.82) is 0 Å². The van der Waals surface area contributed by atoms with Gasteiger partial charge in [-0.1, -0.05) is 12.1 Å². The summed E-state index contributed by atoms with van der Waals surface area (Å²) in [5.74, 6) is 0.847. The number of ether oxygens (including phenoxy) is 2. The van der Waals surface area contributed by atoms with Crippen LogP contribution in [0, 0.1) is 6.92 Å². The van der Waals surface area contributed by atoms with Crippen molar-refractivity contribution in [1.82, 2.24) is 10.2 Å². The summed E-state index contributed by atoms with van der Waals surface area (Å²) < 4.78 is 16.1. The molecule has 0 bridgehead atoms. The van der Waals surface area contributed by atoms with E-state index in [1.54, 1.807) is 19.1 Å². The van der Waals surface area contributed by atoms with Gasteiger partial charge in [0.25, 0.3) is 0 Å². The summed E-state index contributed by atoms with van der Waals surface area (Å²) in [6, 6.07) is 11.0. The van der Waals surface area contributed by atoms with E-state index in [1.807, 2.05) is 24.3 Å². The van der Waals surface area contributed by atoms with Gasteiger partial charge in [0.1, 0.15) is 0 Å². The SMILES string of the molecule is COc1ccc2c(C)c(CC(=O)Nc3n[nH]c4ccccc34)c(=O)oc2c1OC. The molecule has 0 fully saturated rings. The van der Waals surface area contributed by atoms with Crippen LogP contribution in [0.4, 0.5) is 5.82 Å². The first-order valence-electron chi connectivity index (χ1n) is 8.93. The van der Waals surface area contributed by atoms with Gasteiger partial charge in [0.15, 0.2) is 17.2 Å². The van der Waals surface area contributed by atoms with Gasteiger partial charge in [-0.05, 0) is 36.8 Å². The molecule has 1 amide bonds. The normalized spacial score (nSPS) is 11.0. The number of para-hydroxylation sites is 1. The van der Waals surface area contributed by atoms with Crippen LogP contribution in [0.15, 0.2) is 45.6 Å². The molecule has 8 nitrogen and oxygen atoms in total. The molecule has 2 aromatic heterocycles. The topological polar surface area (TPSA) is 106 Å². The monoisotopic (exact) mass is 393 g/mol. The number of carbonyl (C=O) groups is 1. The van der Waals surface area contributed by atoms with E-state index in [4.69, 9.17) is 13.9 Å². The Labute approximate surface area is 165 Å². The molecule has 0 saturated heterocycles. The van der Waals surface area contributed by atoms with Crippen molar-refractivity contribution >= 4 is 33.6 Å². The third-order valence-electron chi connectivity index (χ3n) is 4.86. The predicted molar refractivity (Wildman–Crippen MR) is 109 cm³/mol. The lowest BCUT2D eigenvalue weighted by atomic mass is 10.0. The predicted octanol–water partition coefficient (Wildman–Crippen LogP) is 3.18. The molecule has 0 atom stereocenters. The number of amides is 1. The van der Waals surface area contributed by atoms with Gasteiger partial charge in [-0.2, -0.15) is 5.10 Å². The van der Waals surface area contributed by atoms with Crippen molar-refractivity contribution < 1.29 is 18.7 Å². The van der Waals surface area contributed by atoms with E-state index in [9.17, 15) is 9.59 Å². The molecule has 0 aliphatic rings. The van der Waals surface area contributed by atoms with Crippen molar-refractivity contribution in [2.75, 3.05) is 19.5 Å². The molecule has 2 aromatic carbocycles. The minimum absolute atomic E-state index is 0.139. The molecule has 0 aliphatic heterocycles. The Hall–Kier alpha value is -3.81. The van der Waals surface area contributed by atoms with Crippen molar-refractivity contribution in [3.63, 3.8) is 0 Å². The van der Waals surface area contributed by atoms with Crippen molar-refractivity contribution in [2.45, 2.75) is 13.3 Å². The highest BCUT2D eigenvalue weighted by atomic mass is 16.5. The second kappa shape index (κ2) is 7.31. The lowest BCUT2D eigenvalue weighted by molar-refractivity contribution is -0.115. The molecule has 0 aliphatic carbocycles. The maximum atomic E-state index is 12.6. The lowest BCUT2D eigenvalue weighted by Crippen LogP contribution is -2.21. The summed E-state index contributed by atoms with van der Waals surface area (Å²) in [4.78, 5) is 25.2. The molecule has 4 rings (SSSR count).